The molecule has 0 saturated carbocycles. The summed E-state index contributed by atoms with van der Waals surface area (Å²) < 4.78 is 0. The minimum absolute atomic E-state index is 0. The first-order chi connectivity index (χ1) is 12.7. The number of aryl methyl sites for hydroxylation is 1. The maximum absolute atomic E-state index is 11.9. The first-order valence-corrected chi connectivity index (χ1v) is 10.5. The number of guanidine groups is 1. The van der Waals surface area contributed by atoms with Gasteiger partial charge < -0.3 is 16.0 Å². The molecule has 0 atom stereocenters. The van der Waals surface area contributed by atoms with Crippen LogP contribution in [0.15, 0.2) is 10.4 Å². The Hall–Kier alpha value is -0.940. The zero-order valence-corrected chi connectivity index (χ0v) is 20.8. The van der Waals surface area contributed by atoms with Gasteiger partial charge in [-0.25, -0.2) is 4.98 Å². The minimum atomic E-state index is -0.221. The molecule has 0 unspecified atom stereocenters. The smallest absolute Gasteiger partial charge is 0.239 e. The van der Waals surface area contributed by atoms with Crippen molar-refractivity contribution in [3.8, 4) is 0 Å². The first kappa shape index (κ1) is 25.1. The number of carbonyl (C=O) groups is 1. The average molecular weight is 523 g/mol. The summed E-state index contributed by atoms with van der Waals surface area (Å²) in [4.78, 5) is 23.2. The van der Waals surface area contributed by atoms with Crippen molar-refractivity contribution in [2.45, 2.75) is 52.6 Å². The van der Waals surface area contributed by atoms with E-state index in [2.05, 4.69) is 43.1 Å². The summed E-state index contributed by atoms with van der Waals surface area (Å²) in [5.74, 6) is 1.27. The highest BCUT2D eigenvalue weighted by Crippen LogP contribution is 2.19. The molecule has 3 N–H and O–H groups in total. The lowest BCUT2D eigenvalue weighted by Crippen LogP contribution is -2.49. The Labute approximate surface area is 190 Å². The van der Waals surface area contributed by atoms with E-state index in [0.29, 0.717) is 11.9 Å². The lowest BCUT2D eigenvalue weighted by atomic mass is 9.97. The summed E-state index contributed by atoms with van der Waals surface area (Å²) >= 11 is 1.72. The van der Waals surface area contributed by atoms with Gasteiger partial charge in [0.25, 0.3) is 0 Å². The number of piperidine rings is 1. The van der Waals surface area contributed by atoms with Gasteiger partial charge in [0.05, 0.1) is 17.2 Å². The van der Waals surface area contributed by atoms with Crippen molar-refractivity contribution in [2.75, 3.05) is 33.2 Å². The zero-order valence-electron chi connectivity index (χ0n) is 17.7. The highest BCUT2D eigenvalue weighted by atomic mass is 127. The maximum Gasteiger partial charge on any atom is 0.239 e. The third kappa shape index (κ3) is 9.51. The van der Waals surface area contributed by atoms with Crippen LogP contribution in [0.1, 0.15) is 44.3 Å². The summed E-state index contributed by atoms with van der Waals surface area (Å²) in [6, 6.07) is 0. The average Bonchev–Trinajstić information content (AvgIpc) is 2.99. The van der Waals surface area contributed by atoms with E-state index in [-0.39, 0.29) is 42.0 Å². The van der Waals surface area contributed by atoms with Crippen molar-refractivity contribution in [3.63, 3.8) is 0 Å². The second-order valence-corrected chi connectivity index (χ2v) is 9.24. The summed E-state index contributed by atoms with van der Waals surface area (Å²) in [7, 11) is 1.73. The normalized spacial score (nSPS) is 16.4. The molecule has 1 aromatic heterocycles. The molecule has 1 fully saturated rings. The number of nitrogens with one attached hydrogen (secondary N) is 3. The molecule has 2 rings (SSSR count). The van der Waals surface area contributed by atoms with Gasteiger partial charge >= 0.3 is 0 Å². The van der Waals surface area contributed by atoms with E-state index in [0.717, 1.165) is 44.0 Å². The molecule has 0 bridgehead atoms. The van der Waals surface area contributed by atoms with Crippen LogP contribution in [-0.2, 0) is 11.3 Å². The topological polar surface area (TPSA) is 81.6 Å². The molecular formula is C19H35IN6OS. The number of halogens is 1. The molecule has 28 heavy (non-hydrogen) atoms. The summed E-state index contributed by atoms with van der Waals surface area (Å²) in [5.41, 5.74) is 0.966. The zero-order chi connectivity index (χ0) is 19.9. The number of nitrogens with zero attached hydrogens (tertiary/aromatic N) is 3. The van der Waals surface area contributed by atoms with Crippen LogP contribution in [0.5, 0.6) is 0 Å². The highest BCUT2D eigenvalue weighted by molar-refractivity contribution is 14.0. The number of hydrogen-bond acceptors (Lipinski definition) is 5. The molecule has 9 heteroatoms. The Morgan fingerprint density at radius 3 is 2.54 bits per heavy atom. The second-order valence-electron chi connectivity index (χ2n) is 8.18. The summed E-state index contributed by atoms with van der Waals surface area (Å²) in [5, 5.41) is 12.7. The maximum atomic E-state index is 11.9. The molecule has 0 radical (unpaired) electrons. The Morgan fingerprint density at radius 1 is 1.32 bits per heavy atom. The van der Waals surface area contributed by atoms with E-state index in [1.165, 1.54) is 5.69 Å². The Kier molecular flexibility index (Phi) is 10.7. The van der Waals surface area contributed by atoms with E-state index < -0.39 is 0 Å². The third-order valence-electron chi connectivity index (χ3n) is 4.47. The van der Waals surface area contributed by atoms with Gasteiger partial charge in [0.2, 0.25) is 5.91 Å². The standard InChI is InChI=1S/C19H34N6OS.HI/c1-14-23-16(13-27-14)12-25-8-6-15(7-9-25)10-21-18(20-5)22-11-17(26)24-19(2,3)4;/h13,15H,6-12H2,1-5H3,(H,24,26)(H2,20,21,22);1H. The van der Waals surface area contributed by atoms with E-state index in [4.69, 9.17) is 0 Å². The van der Waals surface area contributed by atoms with Crippen molar-refractivity contribution < 1.29 is 4.79 Å². The fraction of sp³-hybridized carbons (Fsp3) is 0.737. The third-order valence-corrected chi connectivity index (χ3v) is 5.29. The van der Waals surface area contributed by atoms with Crippen LogP contribution < -0.4 is 16.0 Å². The van der Waals surface area contributed by atoms with Crippen LogP contribution in [0.4, 0.5) is 0 Å². The Morgan fingerprint density at radius 2 is 2.00 bits per heavy atom. The highest BCUT2D eigenvalue weighted by Gasteiger charge is 2.20. The lowest BCUT2D eigenvalue weighted by Gasteiger charge is -2.31. The van der Waals surface area contributed by atoms with Crippen LogP contribution in [0.25, 0.3) is 0 Å². The molecule has 1 aliphatic heterocycles. The molecule has 0 spiro atoms. The van der Waals surface area contributed by atoms with Crippen LogP contribution in [0.2, 0.25) is 0 Å². The monoisotopic (exact) mass is 522 g/mol. The molecule has 1 amide bonds. The predicted molar refractivity (Wildman–Crippen MR) is 128 cm³/mol. The summed E-state index contributed by atoms with van der Waals surface area (Å²) in [6.07, 6.45) is 2.33. The number of thiazole rings is 1. The van der Waals surface area contributed by atoms with Crippen LogP contribution in [0, 0.1) is 12.8 Å². The number of aliphatic imine (C=N–C) groups is 1. The van der Waals surface area contributed by atoms with Crippen LogP contribution >= 0.6 is 35.3 Å². The molecular weight excluding hydrogens is 487 g/mol. The largest absolute Gasteiger partial charge is 0.356 e. The van der Waals surface area contributed by atoms with Gasteiger partial charge in [-0.2, -0.15) is 0 Å². The number of rotatable bonds is 6. The number of hydrogen-bond donors (Lipinski definition) is 3. The van der Waals surface area contributed by atoms with Gasteiger partial charge in [0.1, 0.15) is 0 Å². The number of aromatic nitrogens is 1. The molecule has 1 aliphatic rings. The van der Waals surface area contributed by atoms with E-state index in [9.17, 15) is 4.79 Å². The van der Waals surface area contributed by atoms with Gasteiger partial charge in [0.15, 0.2) is 5.96 Å². The number of likely N-dealkylation sites (tertiary alicyclic amines) is 1. The summed E-state index contributed by atoms with van der Waals surface area (Å²) in [6.45, 7) is 12.2. The molecule has 2 heterocycles. The van der Waals surface area contributed by atoms with Crippen molar-refractivity contribution in [3.05, 3.63) is 16.1 Å². The van der Waals surface area contributed by atoms with Crippen molar-refractivity contribution >= 4 is 47.2 Å². The van der Waals surface area contributed by atoms with Crippen molar-refractivity contribution in [1.82, 2.24) is 25.8 Å². The van der Waals surface area contributed by atoms with Gasteiger partial charge in [0, 0.05) is 31.1 Å². The molecule has 1 aromatic rings. The Bertz CT molecular complexity index is 635. The predicted octanol–water partition coefficient (Wildman–Crippen LogP) is 2.36. The molecule has 0 aliphatic carbocycles. The number of amides is 1. The van der Waals surface area contributed by atoms with Crippen molar-refractivity contribution in [2.24, 2.45) is 10.9 Å². The van der Waals surface area contributed by atoms with Gasteiger partial charge in [-0.15, -0.1) is 35.3 Å². The fourth-order valence-corrected chi connectivity index (χ4v) is 3.75. The fourth-order valence-electron chi connectivity index (χ4n) is 3.15. The quantitative estimate of drug-likeness (QED) is 0.304. The molecule has 0 aromatic carbocycles. The van der Waals surface area contributed by atoms with E-state index in [1.807, 2.05) is 20.8 Å². The van der Waals surface area contributed by atoms with E-state index in [1.54, 1.807) is 18.4 Å². The van der Waals surface area contributed by atoms with E-state index >= 15 is 0 Å². The van der Waals surface area contributed by atoms with Crippen molar-refractivity contribution in [1.29, 1.82) is 0 Å². The molecule has 1 saturated heterocycles. The first-order valence-electron chi connectivity index (χ1n) is 9.64. The van der Waals surface area contributed by atoms with Gasteiger partial charge in [-0.3, -0.25) is 14.7 Å². The number of carbonyl (C=O) groups excluding carboxylic acids is 1. The second kappa shape index (κ2) is 11.9. The minimum Gasteiger partial charge on any atom is -0.356 e. The Balaban J connectivity index is 0.00000392. The van der Waals surface area contributed by atoms with Gasteiger partial charge in [-0.05, 0) is 59.5 Å². The van der Waals surface area contributed by atoms with Gasteiger partial charge in [-0.1, -0.05) is 0 Å². The molecule has 7 nitrogen and oxygen atoms in total. The van der Waals surface area contributed by atoms with Crippen LogP contribution in [-0.4, -0.2) is 60.5 Å². The molecule has 160 valence electrons. The lowest BCUT2D eigenvalue weighted by molar-refractivity contribution is -0.121. The SMILES string of the molecule is CN=C(NCC(=O)NC(C)(C)C)NCC1CCN(Cc2csc(C)n2)CC1.I. The van der Waals surface area contributed by atoms with Crippen LogP contribution in [0.3, 0.4) is 0 Å².